The van der Waals surface area contributed by atoms with Crippen molar-refractivity contribution in [1.82, 2.24) is 19.9 Å². The summed E-state index contributed by atoms with van der Waals surface area (Å²) in [4.78, 5) is 12.9. The van der Waals surface area contributed by atoms with Gasteiger partial charge in [0, 0.05) is 29.7 Å². The maximum Gasteiger partial charge on any atom is 0.358 e. The van der Waals surface area contributed by atoms with Crippen LogP contribution in [0, 0.1) is 0 Å². The van der Waals surface area contributed by atoms with Crippen molar-refractivity contribution in [2.45, 2.75) is 12.6 Å². The van der Waals surface area contributed by atoms with Crippen LogP contribution in [0.2, 0.25) is 0 Å². The van der Waals surface area contributed by atoms with Gasteiger partial charge in [-0.05, 0) is 18.2 Å². The molecule has 0 unspecified atom stereocenters. The quantitative estimate of drug-likeness (QED) is 0.866. The van der Waals surface area contributed by atoms with E-state index in [9.17, 15) is 9.90 Å². The molecule has 2 N–H and O–H groups in total. The highest BCUT2D eigenvalue weighted by Gasteiger charge is 2.30. The molecule has 0 bridgehead atoms. The molecule has 2 heterocycles. The molecule has 1 saturated heterocycles. The largest absolute Gasteiger partial charge is 0.508 e. The Morgan fingerprint density at radius 1 is 1.43 bits per heavy atom. The molecule has 3 rings (SSSR count). The molecule has 1 aromatic carbocycles. The fourth-order valence-electron chi connectivity index (χ4n) is 2.31. The molecule has 1 fully saturated rings. The molecule has 8 heteroatoms. The Morgan fingerprint density at radius 2 is 2.19 bits per heavy atom. The minimum Gasteiger partial charge on any atom is -0.508 e. The average Bonchev–Trinajstić information content (AvgIpc) is 2.86. The molecule has 0 atom stereocenters. The minimum absolute atomic E-state index is 0.0434. The van der Waals surface area contributed by atoms with Gasteiger partial charge in [-0.25, -0.2) is 9.48 Å². The summed E-state index contributed by atoms with van der Waals surface area (Å²) in [5, 5.41) is 26.1. The number of nitrogens with zero attached hydrogens (tertiary/aromatic N) is 4. The van der Waals surface area contributed by atoms with Crippen LogP contribution >= 0.6 is 15.9 Å². The molecule has 0 spiro atoms. The summed E-state index contributed by atoms with van der Waals surface area (Å²) >= 11 is 3.38. The molecule has 1 aromatic heterocycles. The second kappa shape index (κ2) is 5.45. The van der Waals surface area contributed by atoms with Gasteiger partial charge in [0.2, 0.25) is 0 Å². The number of rotatable bonds is 4. The van der Waals surface area contributed by atoms with Crippen LogP contribution in [0.5, 0.6) is 5.75 Å². The zero-order valence-corrected chi connectivity index (χ0v) is 12.6. The predicted octanol–water partition coefficient (Wildman–Crippen LogP) is 1.50. The highest BCUT2D eigenvalue weighted by molar-refractivity contribution is 9.10. The number of phenolic OH excluding ortho intramolecular Hbond substituents is 1. The molecule has 21 heavy (non-hydrogen) atoms. The Morgan fingerprint density at radius 3 is 2.86 bits per heavy atom. The molecule has 110 valence electrons. The number of likely N-dealkylation sites (tertiary alicyclic amines) is 1. The predicted molar refractivity (Wildman–Crippen MR) is 77.1 cm³/mol. The smallest absolute Gasteiger partial charge is 0.358 e. The minimum atomic E-state index is -1.07. The van der Waals surface area contributed by atoms with E-state index in [2.05, 4.69) is 31.1 Å². The van der Waals surface area contributed by atoms with Gasteiger partial charge in [-0.3, -0.25) is 4.90 Å². The number of phenols is 1. The molecule has 2 aromatic rings. The van der Waals surface area contributed by atoms with Crippen LogP contribution < -0.4 is 0 Å². The standard InChI is InChI=1S/C13H13BrN4O3/c14-9-1-2-12(19)8(3-9)4-17-5-10(6-17)18-7-11(13(20)21)15-16-18/h1-3,7,10,19H,4-6H2,(H,20,21). The van der Waals surface area contributed by atoms with Crippen LogP contribution in [0.1, 0.15) is 22.1 Å². The Bertz CT molecular complexity index is 682. The summed E-state index contributed by atoms with van der Waals surface area (Å²) in [5.41, 5.74) is 0.811. The zero-order valence-electron chi connectivity index (χ0n) is 11.0. The summed E-state index contributed by atoms with van der Waals surface area (Å²) in [6.07, 6.45) is 1.45. The summed E-state index contributed by atoms with van der Waals surface area (Å²) in [6.45, 7) is 2.13. The molecule has 1 aliphatic rings. The normalized spacial score (nSPS) is 15.9. The van der Waals surface area contributed by atoms with Gasteiger partial charge in [-0.1, -0.05) is 21.1 Å². The van der Waals surface area contributed by atoms with Crippen molar-refractivity contribution < 1.29 is 15.0 Å². The number of benzene rings is 1. The van der Waals surface area contributed by atoms with E-state index in [1.165, 1.54) is 6.20 Å². The van der Waals surface area contributed by atoms with Gasteiger partial charge in [0.25, 0.3) is 0 Å². The third-order valence-electron chi connectivity index (χ3n) is 3.48. The van der Waals surface area contributed by atoms with Crippen LogP contribution in [0.15, 0.2) is 28.9 Å². The van der Waals surface area contributed by atoms with Gasteiger partial charge >= 0.3 is 5.97 Å². The molecule has 0 amide bonds. The van der Waals surface area contributed by atoms with E-state index in [0.29, 0.717) is 6.54 Å². The van der Waals surface area contributed by atoms with E-state index in [1.807, 2.05) is 6.07 Å². The first-order valence-corrected chi connectivity index (χ1v) is 7.17. The Labute approximate surface area is 128 Å². The average molecular weight is 353 g/mol. The first-order chi connectivity index (χ1) is 10.0. The zero-order chi connectivity index (χ0) is 15.0. The topological polar surface area (TPSA) is 91.5 Å². The monoisotopic (exact) mass is 352 g/mol. The number of hydrogen-bond acceptors (Lipinski definition) is 5. The van der Waals surface area contributed by atoms with Crippen molar-refractivity contribution in [1.29, 1.82) is 0 Å². The number of aromatic nitrogens is 3. The number of carboxylic acids is 1. The SMILES string of the molecule is O=C(O)c1cn(C2CN(Cc3cc(Br)ccc3O)C2)nn1. The van der Waals surface area contributed by atoms with Gasteiger partial charge in [0.05, 0.1) is 12.2 Å². The number of carboxylic acid groups (broad SMARTS) is 1. The van der Waals surface area contributed by atoms with Crippen molar-refractivity contribution in [3.05, 3.63) is 40.1 Å². The Hall–Kier alpha value is -1.93. The van der Waals surface area contributed by atoms with Crippen molar-refractivity contribution in [3.8, 4) is 5.75 Å². The first kappa shape index (κ1) is 14.0. The lowest BCUT2D eigenvalue weighted by Crippen LogP contribution is -2.47. The lowest BCUT2D eigenvalue weighted by Gasteiger charge is -2.38. The lowest BCUT2D eigenvalue weighted by atomic mass is 10.1. The first-order valence-electron chi connectivity index (χ1n) is 6.38. The summed E-state index contributed by atoms with van der Waals surface area (Å²) in [5.74, 6) is -0.799. The number of carbonyl (C=O) groups is 1. The van der Waals surface area contributed by atoms with Crippen LogP contribution in [0.3, 0.4) is 0 Å². The van der Waals surface area contributed by atoms with Crippen molar-refractivity contribution >= 4 is 21.9 Å². The van der Waals surface area contributed by atoms with Crippen LogP contribution in [0.4, 0.5) is 0 Å². The number of aromatic carboxylic acids is 1. The second-order valence-electron chi connectivity index (χ2n) is 5.01. The van der Waals surface area contributed by atoms with Crippen molar-refractivity contribution in [2.24, 2.45) is 0 Å². The van der Waals surface area contributed by atoms with Crippen LogP contribution in [0.25, 0.3) is 0 Å². The maximum absolute atomic E-state index is 10.8. The molecule has 0 saturated carbocycles. The summed E-state index contributed by atoms with van der Waals surface area (Å²) in [7, 11) is 0. The van der Waals surface area contributed by atoms with E-state index in [1.54, 1.807) is 16.8 Å². The number of hydrogen-bond donors (Lipinski definition) is 2. The van der Waals surface area contributed by atoms with E-state index in [-0.39, 0.29) is 17.5 Å². The Kier molecular flexibility index (Phi) is 3.64. The summed E-state index contributed by atoms with van der Waals surface area (Å²) < 4.78 is 2.51. The molecule has 7 nitrogen and oxygen atoms in total. The van der Waals surface area contributed by atoms with Gasteiger partial charge < -0.3 is 10.2 Å². The third-order valence-corrected chi connectivity index (χ3v) is 3.97. The highest BCUT2D eigenvalue weighted by atomic mass is 79.9. The Balaban J connectivity index is 1.60. The van der Waals surface area contributed by atoms with Crippen molar-refractivity contribution in [3.63, 3.8) is 0 Å². The molecular formula is C13H13BrN4O3. The van der Waals surface area contributed by atoms with Gasteiger partial charge in [-0.2, -0.15) is 0 Å². The molecule has 0 aliphatic carbocycles. The second-order valence-corrected chi connectivity index (χ2v) is 5.93. The van der Waals surface area contributed by atoms with Crippen molar-refractivity contribution in [2.75, 3.05) is 13.1 Å². The lowest BCUT2D eigenvalue weighted by molar-refractivity contribution is 0.0690. The van der Waals surface area contributed by atoms with E-state index < -0.39 is 5.97 Å². The fraction of sp³-hybridized carbons (Fsp3) is 0.308. The van der Waals surface area contributed by atoms with E-state index in [0.717, 1.165) is 23.1 Å². The fourth-order valence-corrected chi connectivity index (χ4v) is 2.72. The molecular weight excluding hydrogens is 340 g/mol. The third kappa shape index (κ3) is 2.91. The maximum atomic E-state index is 10.8. The number of aromatic hydroxyl groups is 1. The summed E-state index contributed by atoms with van der Waals surface area (Å²) in [6, 6.07) is 5.47. The molecule has 0 radical (unpaired) electrons. The van der Waals surface area contributed by atoms with Gasteiger partial charge in [0.15, 0.2) is 5.69 Å². The molecule has 1 aliphatic heterocycles. The number of halogens is 1. The van der Waals surface area contributed by atoms with E-state index >= 15 is 0 Å². The van der Waals surface area contributed by atoms with Gasteiger partial charge in [0.1, 0.15) is 5.75 Å². The van der Waals surface area contributed by atoms with E-state index in [4.69, 9.17) is 5.11 Å². The highest BCUT2D eigenvalue weighted by Crippen LogP contribution is 2.27. The van der Waals surface area contributed by atoms with Gasteiger partial charge in [-0.15, -0.1) is 5.10 Å². The van der Waals surface area contributed by atoms with Crippen LogP contribution in [-0.4, -0.2) is 49.2 Å². The van der Waals surface area contributed by atoms with Crippen LogP contribution in [-0.2, 0) is 6.54 Å².